The highest BCUT2D eigenvalue weighted by Gasteiger charge is 2.44. The Morgan fingerprint density at radius 1 is 0.897 bits per heavy atom. The minimum Gasteiger partial charge on any atom is -0.497 e. The van der Waals surface area contributed by atoms with Crippen LogP contribution in [0.5, 0.6) is 5.75 Å². The molecule has 4 aromatic rings. The fourth-order valence-electron chi connectivity index (χ4n) is 4.85. The number of hydrogen-bond acceptors (Lipinski definition) is 3. The average molecular weight is 676 g/mol. The van der Waals surface area contributed by atoms with Gasteiger partial charge in [-0.25, -0.2) is 4.39 Å². The van der Waals surface area contributed by atoms with Crippen molar-refractivity contribution >= 4 is 51.7 Å². The van der Waals surface area contributed by atoms with Crippen LogP contribution in [0.1, 0.15) is 34.4 Å². The molecule has 1 aliphatic rings. The molecule has 1 saturated heterocycles. The summed E-state index contributed by atoms with van der Waals surface area (Å²) in [5.41, 5.74) is 3.09. The van der Waals surface area contributed by atoms with Crippen molar-refractivity contribution < 1.29 is 18.7 Å². The fraction of sp³-hybridized carbons (Fsp3) is 0.194. The molecule has 5 rings (SSSR count). The maximum absolute atomic E-state index is 14.9. The normalized spacial score (nSPS) is 19.3. The number of benzene rings is 4. The predicted octanol–water partition coefficient (Wildman–Crippen LogP) is 8.20. The van der Waals surface area contributed by atoms with Gasteiger partial charge >= 0.3 is 0 Å². The van der Waals surface area contributed by atoms with Crippen LogP contribution in [0.25, 0.3) is 0 Å². The van der Waals surface area contributed by atoms with Crippen LogP contribution in [-0.4, -0.2) is 24.0 Å². The van der Waals surface area contributed by atoms with Crippen LogP contribution in [0.2, 0.25) is 10.0 Å². The summed E-state index contributed by atoms with van der Waals surface area (Å²) in [6.07, 6.45) is -1.31. The first-order chi connectivity index (χ1) is 18.8. The largest absolute Gasteiger partial charge is 0.497 e. The minimum absolute atomic E-state index is 0.109. The molecule has 0 aliphatic carbocycles. The molecule has 0 radical (unpaired) electrons. The van der Waals surface area contributed by atoms with Gasteiger partial charge in [-0.1, -0.05) is 65.7 Å². The lowest BCUT2D eigenvalue weighted by molar-refractivity contribution is -0.175. The number of carbonyl (C=O) groups is 1. The number of rotatable bonds is 7. The summed E-state index contributed by atoms with van der Waals surface area (Å²) in [5, 5.41) is 1.19. The Morgan fingerprint density at radius 2 is 1.51 bits per heavy atom. The third-order valence-corrected chi connectivity index (χ3v) is 8.01. The van der Waals surface area contributed by atoms with Crippen molar-refractivity contribution in [3.8, 4) is 5.75 Å². The average Bonchev–Trinajstić information content (AvgIpc) is 2.93. The summed E-state index contributed by atoms with van der Waals surface area (Å²) in [4.78, 5) is 15.9. The summed E-state index contributed by atoms with van der Waals surface area (Å²) >= 11 is 14.5. The molecule has 1 aliphatic heterocycles. The maximum Gasteiger partial charge on any atom is 0.253 e. The van der Waals surface area contributed by atoms with E-state index in [2.05, 4.69) is 22.6 Å². The highest BCUT2D eigenvalue weighted by atomic mass is 127. The number of ether oxygens (including phenoxy) is 2. The van der Waals surface area contributed by atoms with E-state index in [0.29, 0.717) is 22.2 Å². The van der Waals surface area contributed by atoms with Crippen molar-refractivity contribution in [1.82, 2.24) is 4.90 Å². The van der Waals surface area contributed by atoms with Gasteiger partial charge in [0.15, 0.2) is 0 Å². The first kappa shape index (κ1) is 27.9. The van der Waals surface area contributed by atoms with Crippen molar-refractivity contribution in [2.45, 2.75) is 31.2 Å². The molecule has 0 saturated carbocycles. The van der Waals surface area contributed by atoms with Gasteiger partial charge in [0.25, 0.3) is 5.91 Å². The Labute approximate surface area is 250 Å². The fourth-order valence-corrected chi connectivity index (χ4v) is 5.55. The number of halogens is 4. The number of amides is 1. The topological polar surface area (TPSA) is 38.8 Å². The van der Waals surface area contributed by atoms with Gasteiger partial charge in [-0.2, -0.15) is 0 Å². The molecule has 3 atom stereocenters. The van der Waals surface area contributed by atoms with Crippen LogP contribution < -0.4 is 4.74 Å². The highest BCUT2D eigenvalue weighted by molar-refractivity contribution is 14.1. The van der Waals surface area contributed by atoms with E-state index < -0.39 is 18.2 Å². The zero-order valence-corrected chi connectivity index (χ0v) is 24.7. The smallest absolute Gasteiger partial charge is 0.253 e. The van der Waals surface area contributed by atoms with Gasteiger partial charge in [-0.15, -0.1) is 0 Å². The molecule has 8 heteroatoms. The Balaban J connectivity index is 1.59. The molecule has 0 spiro atoms. The lowest BCUT2D eigenvalue weighted by Crippen LogP contribution is -2.51. The van der Waals surface area contributed by atoms with Crippen LogP contribution >= 0.6 is 45.8 Å². The predicted molar refractivity (Wildman–Crippen MR) is 160 cm³/mol. The molecule has 0 bridgehead atoms. The van der Waals surface area contributed by atoms with Crippen molar-refractivity contribution in [2.24, 2.45) is 0 Å². The Hall–Kier alpha value is -2.65. The molecule has 39 heavy (non-hydrogen) atoms. The summed E-state index contributed by atoms with van der Waals surface area (Å²) in [5.74, 6) is 0.157. The summed E-state index contributed by atoms with van der Waals surface area (Å²) in [6, 6.07) is 27.0. The standard InChI is InChI=1S/C31H25Cl2FINO3/c1-38-26-14-2-19(3-15-26)18-36-29(20-4-9-23(32)10-5-20)30(21-6-11-24(33)12-7-21)39-28(31(36)37)16-22-8-13-25(35)17-27(22)34/h2-15,17,28-30H,16,18H2,1H3/t28-,29+,30-/m0/s1. The van der Waals surface area contributed by atoms with Gasteiger partial charge in [-0.3, -0.25) is 4.79 Å². The molecule has 0 aromatic heterocycles. The molecule has 1 fully saturated rings. The zero-order valence-electron chi connectivity index (χ0n) is 21.0. The summed E-state index contributed by atoms with van der Waals surface area (Å²) in [6.45, 7) is 0.329. The van der Waals surface area contributed by atoms with Crippen molar-refractivity contribution in [3.63, 3.8) is 0 Å². The van der Waals surface area contributed by atoms with Crippen molar-refractivity contribution in [2.75, 3.05) is 7.11 Å². The van der Waals surface area contributed by atoms with E-state index in [9.17, 15) is 9.18 Å². The second kappa shape index (κ2) is 12.3. The second-order valence-corrected chi connectivity index (χ2v) is 11.5. The van der Waals surface area contributed by atoms with Gasteiger partial charge in [0.2, 0.25) is 0 Å². The number of carbonyl (C=O) groups excluding carboxylic acids is 1. The number of nitrogens with zero attached hydrogens (tertiary/aromatic N) is 1. The van der Waals surface area contributed by atoms with Crippen molar-refractivity contribution in [3.05, 3.63) is 133 Å². The van der Waals surface area contributed by atoms with Gasteiger partial charge in [0, 0.05) is 26.6 Å². The van der Waals surface area contributed by atoms with E-state index >= 15 is 0 Å². The molecule has 1 amide bonds. The Kier molecular flexibility index (Phi) is 8.76. The molecular weight excluding hydrogens is 651 g/mol. The van der Waals surface area contributed by atoms with Crippen LogP contribution in [0, 0.1) is 9.39 Å². The van der Waals surface area contributed by atoms with Crippen LogP contribution in [0.3, 0.4) is 0 Å². The number of hydrogen-bond donors (Lipinski definition) is 0. The van der Waals surface area contributed by atoms with Gasteiger partial charge < -0.3 is 14.4 Å². The Bertz CT molecular complexity index is 1450. The van der Waals surface area contributed by atoms with Crippen LogP contribution in [-0.2, 0) is 22.5 Å². The molecule has 4 nitrogen and oxygen atoms in total. The molecular formula is C31H25Cl2FINO3. The SMILES string of the molecule is COc1ccc(CN2C(=O)[C@H](Cc3ccc(I)cc3F)O[C@@H](c3ccc(Cl)cc3)[C@H]2c2ccc(Cl)cc2)cc1. The summed E-state index contributed by atoms with van der Waals surface area (Å²) in [7, 11) is 1.61. The summed E-state index contributed by atoms with van der Waals surface area (Å²) < 4.78 is 27.5. The quantitative estimate of drug-likeness (QED) is 0.186. The first-order valence-corrected chi connectivity index (χ1v) is 14.2. The molecule has 200 valence electrons. The second-order valence-electron chi connectivity index (χ2n) is 9.35. The molecule has 1 heterocycles. The number of methoxy groups -OCH3 is 1. The van der Waals surface area contributed by atoms with Gasteiger partial charge in [-0.05, 0) is 93.4 Å². The third-order valence-electron chi connectivity index (χ3n) is 6.83. The van der Waals surface area contributed by atoms with Gasteiger partial charge in [0.05, 0.1) is 13.2 Å². The van der Waals surface area contributed by atoms with Crippen LogP contribution in [0.15, 0.2) is 91.0 Å². The third kappa shape index (κ3) is 6.40. The van der Waals surface area contributed by atoms with Gasteiger partial charge in [0.1, 0.15) is 23.8 Å². The highest BCUT2D eigenvalue weighted by Crippen LogP contribution is 2.44. The monoisotopic (exact) mass is 675 g/mol. The minimum atomic E-state index is -0.887. The van der Waals surface area contributed by atoms with E-state index in [1.54, 1.807) is 37.4 Å². The lowest BCUT2D eigenvalue weighted by atomic mass is 9.90. The van der Waals surface area contributed by atoms with E-state index in [0.717, 1.165) is 26.0 Å². The van der Waals surface area contributed by atoms with E-state index in [4.69, 9.17) is 32.7 Å². The molecule has 0 N–H and O–H groups in total. The molecule has 4 aromatic carbocycles. The van der Waals surface area contributed by atoms with E-state index in [-0.39, 0.29) is 18.1 Å². The Morgan fingerprint density at radius 3 is 2.10 bits per heavy atom. The van der Waals surface area contributed by atoms with Crippen LogP contribution in [0.4, 0.5) is 4.39 Å². The maximum atomic E-state index is 14.9. The lowest BCUT2D eigenvalue weighted by Gasteiger charge is -2.45. The molecule has 0 unspecified atom stereocenters. The number of morpholine rings is 1. The first-order valence-electron chi connectivity index (χ1n) is 12.4. The zero-order chi connectivity index (χ0) is 27.5. The van der Waals surface area contributed by atoms with E-state index in [1.165, 1.54) is 6.07 Å². The van der Waals surface area contributed by atoms with Crippen molar-refractivity contribution in [1.29, 1.82) is 0 Å². The van der Waals surface area contributed by atoms with E-state index in [1.807, 2.05) is 59.5 Å².